The van der Waals surface area contributed by atoms with Gasteiger partial charge in [0.2, 0.25) is 5.91 Å². The highest BCUT2D eigenvalue weighted by molar-refractivity contribution is 5.82. The molecule has 0 aromatic carbocycles. The van der Waals surface area contributed by atoms with Gasteiger partial charge < -0.3 is 5.32 Å². The van der Waals surface area contributed by atoms with Gasteiger partial charge >= 0.3 is 0 Å². The molecule has 2 atom stereocenters. The van der Waals surface area contributed by atoms with Crippen molar-refractivity contribution in [2.75, 3.05) is 0 Å². The summed E-state index contributed by atoms with van der Waals surface area (Å²) in [6.45, 7) is 2.15. The van der Waals surface area contributed by atoms with Crippen LogP contribution in [-0.2, 0) is 4.79 Å². The highest BCUT2D eigenvalue weighted by atomic mass is 16.1. The summed E-state index contributed by atoms with van der Waals surface area (Å²) in [5.74, 6) is 1.10. The molecule has 2 unspecified atom stereocenters. The molecule has 1 aliphatic carbocycles. The zero-order valence-electron chi connectivity index (χ0n) is 6.50. The van der Waals surface area contributed by atoms with E-state index in [0.29, 0.717) is 18.3 Å². The van der Waals surface area contributed by atoms with Crippen LogP contribution in [0.5, 0.6) is 0 Å². The first-order valence-electron chi connectivity index (χ1n) is 3.95. The first-order valence-corrected chi connectivity index (χ1v) is 3.95. The van der Waals surface area contributed by atoms with E-state index in [-0.39, 0.29) is 5.91 Å². The summed E-state index contributed by atoms with van der Waals surface area (Å²) in [5, 5.41) is 2.86. The summed E-state index contributed by atoms with van der Waals surface area (Å²) in [6, 6.07) is 0. The van der Waals surface area contributed by atoms with Crippen LogP contribution in [0.4, 0.5) is 0 Å². The van der Waals surface area contributed by atoms with Crippen LogP contribution in [0.2, 0.25) is 0 Å². The molecule has 0 spiro atoms. The third-order valence-electron chi connectivity index (χ3n) is 2.41. The predicted molar refractivity (Wildman–Crippen MR) is 42.6 cm³/mol. The molecule has 2 nitrogen and oxygen atoms in total. The van der Waals surface area contributed by atoms with Gasteiger partial charge in [-0.2, -0.15) is 0 Å². The van der Waals surface area contributed by atoms with Gasteiger partial charge in [-0.1, -0.05) is 19.1 Å². The molecule has 11 heavy (non-hydrogen) atoms. The van der Waals surface area contributed by atoms with Crippen molar-refractivity contribution in [1.29, 1.82) is 0 Å². The topological polar surface area (TPSA) is 29.1 Å². The number of carbonyl (C=O) groups is 1. The average molecular weight is 149 g/mol. The van der Waals surface area contributed by atoms with Crippen molar-refractivity contribution >= 4 is 5.91 Å². The molecule has 2 aliphatic rings. The van der Waals surface area contributed by atoms with Gasteiger partial charge in [0.1, 0.15) is 0 Å². The Morgan fingerprint density at radius 1 is 1.64 bits per heavy atom. The van der Waals surface area contributed by atoms with Crippen molar-refractivity contribution in [3.63, 3.8) is 0 Å². The third-order valence-corrected chi connectivity index (χ3v) is 2.41. The van der Waals surface area contributed by atoms with Gasteiger partial charge in [-0.05, 0) is 12.0 Å². The number of nitrogens with one attached hydrogen (secondary N) is 1. The summed E-state index contributed by atoms with van der Waals surface area (Å²) >= 11 is 0. The number of fused-ring (bicyclic) bond motifs is 1. The zero-order valence-corrected chi connectivity index (χ0v) is 6.50. The Morgan fingerprint density at radius 3 is 3.18 bits per heavy atom. The minimum atomic E-state index is 0.164. The number of rotatable bonds is 0. The fourth-order valence-electron chi connectivity index (χ4n) is 1.72. The van der Waals surface area contributed by atoms with Crippen LogP contribution in [0.15, 0.2) is 23.9 Å². The molecular weight excluding hydrogens is 138 g/mol. The smallest absolute Gasteiger partial charge is 0.224 e. The molecule has 1 heterocycles. The minimum Gasteiger partial charge on any atom is -0.329 e. The lowest BCUT2D eigenvalue weighted by atomic mass is 9.87. The minimum absolute atomic E-state index is 0.164. The number of allylic oxidation sites excluding steroid dienone is 4. The van der Waals surface area contributed by atoms with Crippen LogP contribution in [0, 0.1) is 11.8 Å². The van der Waals surface area contributed by atoms with Crippen LogP contribution in [0.3, 0.4) is 0 Å². The van der Waals surface area contributed by atoms with E-state index in [1.54, 1.807) is 0 Å². The van der Waals surface area contributed by atoms with Crippen LogP contribution >= 0.6 is 0 Å². The molecule has 1 N–H and O–H groups in total. The van der Waals surface area contributed by atoms with E-state index in [0.717, 1.165) is 5.70 Å². The molecule has 1 aliphatic heterocycles. The van der Waals surface area contributed by atoms with Crippen LogP contribution in [0.25, 0.3) is 0 Å². The number of carbonyl (C=O) groups excluding carboxylic acids is 1. The molecule has 1 amide bonds. The Morgan fingerprint density at radius 2 is 2.45 bits per heavy atom. The fourth-order valence-corrected chi connectivity index (χ4v) is 1.72. The standard InChI is InChI=1S/C9H11NO/c1-6-3-2-4-8-7(6)5-9(11)10-8/h2-4,6-7H,5H2,1H3,(H,10,11). The first-order chi connectivity index (χ1) is 5.27. The molecule has 1 saturated heterocycles. The number of hydrogen-bond acceptors (Lipinski definition) is 1. The molecule has 0 bridgehead atoms. The second-order valence-electron chi connectivity index (χ2n) is 3.22. The van der Waals surface area contributed by atoms with E-state index in [2.05, 4.69) is 18.3 Å². The lowest BCUT2D eigenvalue weighted by Gasteiger charge is -2.18. The normalized spacial score (nSPS) is 34.6. The molecule has 58 valence electrons. The van der Waals surface area contributed by atoms with E-state index >= 15 is 0 Å². The maximum absolute atomic E-state index is 11.0. The number of hydrogen-bond donors (Lipinski definition) is 1. The van der Waals surface area contributed by atoms with Gasteiger partial charge in [0, 0.05) is 18.0 Å². The van der Waals surface area contributed by atoms with Crippen molar-refractivity contribution in [2.45, 2.75) is 13.3 Å². The quantitative estimate of drug-likeness (QED) is 0.551. The third kappa shape index (κ3) is 0.985. The van der Waals surface area contributed by atoms with Crippen molar-refractivity contribution in [3.8, 4) is 0 Å². The molecule has 2 heteroatoms. The molecule has 0 aromatic rings. The van der Waals surface area contributed by atoms with Crippen LogP contribution < -0.4 is 5.32 Å². The molecule has 0 saturated carbocycles. The SMILES string of the molecule is CC1C=CC=C2NC(=O)CC21. The van der Waals surface area contributed by atoms with Crippen LogP contribution in [-0.4, -0.2) is 5.91 Å². The summed E-state index contributed by atoms with van der Waals surface area (Å²) in [6.07, 6.45) is 6.82. The lowest BCUT2D eigenvalue weighted by Crippen LogP contribution is -2.15. The van der Waals surface area contributed by atoms with E-state index in [4.69, 9.17) is 0 Å². The summed E-state index contributed by atoms with van der Waals surface area (Å²) < 4.78 is 0. The van der Waals surface area contributed by atoms with Gasteiger partial charge in [0.25, 0.3) is 0 Å². The van der Waals surface area contributed by atoms with Gasteiger partial charge in [-0.3, -0.25) is 4.79 Å². The predicted octanol–water partition coefficient (Wildman–Crippen LogP) is 1.21. The molecule has 2 rings (SSSR count). The van der Waals surface area contributed by atoms with Gasteiger partial charge in [0.05, 0.1) is 0 Å². The maximum atomic E-state index is 11.0. The van der Waals surface area contributed by atoms with Gasteiger partial charge in [-0.15, -0.1) is 0 Å². The second kappa shape index (κ2) is 2.22. The van der Waals surface area contributed by atoms with Crippen LogP contribution in [0.1, 0.15) is 13.3 Å². The van der Waals surface area contributed by atoms with Crippen molar-refractivity contribution in [1.82, 2.24) is 5.32 Å². The Kier molecular flexibility index (Phi) is 1.34. The Bertz CT molecular complexity index is 252. The Hall–Kier alpha value is -1.05. The summed E-state index contributed by atoms with van der Waals surface area (Å²) in [4.78, 5) is 11.0. The second-order valence-corrected chi connectivity index (χ2v) is 3.22. The Balaban J connectivity index is 2.28. The van der Waals surface area contributed by atoms with Gasteiger partial charge in [-0.25, -0.2) is 0 Å². The lowest BCUT2D eigenvalue weighted by molar-refractivity contribution is -0.119. The fraction of sp³-hybridized carbons (Fsp3) is 0.444. The van der Waals surface area contributed by atoms with Crippen molar-refractivity contribution in [2.24, 2.45) is 11.8 Å². The van der Waals surface area contributed by atoms with E-state index in [9.17, 15) is 4.79 Å². The molecule has 1 fully saturated rings. The monoisotopic (exact) mass is 149 g/mol. The number of amides is 1. The summed E-state index contributed by atoms with van der Waals surface area (Å²) in [7, 11) is 0. The largest absolute Gasteiger partial charge is 0.329 e. The van der Waals surface area contributed by atoms with E-state index < -0.39 is 0 Å². The highest BCUT2D eigenvalue weighted by Gasteiger charge is 2.31. The van der Waals surface area contributed by atoms with E-state index in [1.165, 1.54) is 0 Å². The molecular formula is C9H11NO. The summed E-state index contributed by atoms with van der Waals surface area (Å²) in [5.41, 5.74) is 1.10. The molecule has 0 aromatic heterocycles. The van der Waals surface area contributed by atoms with Crippen molar-refractivity contribution < 1.29 is 4.79 Å². The highest BCUT2D eigenvalue weighted by Crippen LogP contribution is 2.31. The maximum Gasteiger partial charge on any atom is 0.224 e. The Labute approximate surface area is 66.0 Å². The zero-order chi connectivity index (χ0) is 7.84. The first kappa shape index (κ1) is 6.65. The van der Waals surface area contributed by atoms with Crippen molar-refractivity contribution in [3.05, 3.63) is 23.9 Å². The van der Waals surface area contributed by atoms with Gasteiger partial charge in [0.15, 0.2) is 0 Å². The molecule has 0 radical (unpaired) electrons. The van der Waals surface area contributed by atoms with E-state index in [1.807, 2.05) is 12.2 Å². The average Bonchev–Trinajstić information content (AvgIpc) is 2.31.